The Morgan fingerprint density at radius 3 is 2.57 bits per heavy atom. The van der Waals surface area contributed by atoms with Crippen LogP contribution in [0.2, 0.25) is 0 Å². The summed E-state index contributed by atoms with van der Waals surface area (Å²) in [5.41, 5.74) is 0.357. The summed E-state index contributed by atoms with van der Waals surface area (Å²) in [7, 11) is -0.993. The number of hydrogen-bond acceptors (Lipinski definition) is 4. The fourth-order valence-corrected chi connectivity index (χ4v) is 4.37. The molecular formula is C13H13F2NO3S2. The molecule has 114 valence electrons. The zero-order valence-electron chi connectivity index (χ0n) is 11.3. The highest BCUT2D eigenvalue weighted by molar-refractivity contribution is 7.91. The number of ether oxygens (including phenoxy) is 1. The smallest absolute Gasteiger partial charge is 0.256 e. The van der Waals surface area contributed by atoms with Crippen molar-refractivity contribution in [3.8, 4) is 5.75 Å². The highest BCUT2D eigenvalue weighted by Crippen LogP contribution is 2.32. The van der Waals surface area contributed by atoms with Gasteiger partial charge in [0.25, 0.3) is 10.0 Å². The van der Waals surface area contributed by atoms with Gasteiger partial charge in [-0.05, 0) is 29.1 Å². The maximum Gasteiger partial charge on any atom is 0.256 e. The van der Waals surface area contributed by atoms with Crippen LogP contribution in [0.4, 0.5) is 8.78 Å². The van der Waals surface area contributed by atoms with Gasteiger partial charge in [0, 0.05) is 13.6 Å². The SMILES string of the molecule is COc1ccsc1S(=O)(=O)N(C)Cc1ccc(F)c(F)c1. The summed E-state index contributed by atoms with van der Waals surface area (Å²) in [6.07, 6.45) is 0. The molecule has 1 aromatic heterocycles. The number of halogens is 2. The zero-order valence-corrected chi connectivity index (χ0v) is 13.0. The van der Waals surface area contributed by atoms with Gasteiger partial charge in [-0.1, -0.05) is 6.07 Å². The number of benzene rings is 1. The van der Waals surface area contributed by atoms with Crippen LogP contribution in [-0.4, -0.2) is 26.9 Å². The van der Waals surface area contributed by atoms with E-state index in [1.807, 2.05) is 0 Å². The standard InChI is InChI=1S/C13H13F2NO3S2/c1-16(8-9-3-4-10(14)11(15)7-9)21(17,18)13-12(19-2)5-6-20-13/h3-7H,8H2,1-2H3. The molecule has 0 aliphatic carbocycles. The summed E-state index contributed by atoms with van der Waals surface area (Å²) < 4.78 is 57.0. The Kier molecular flexibility index (Phi) is 4.60. The molecule has 2 aromatic rings. The minimum atomic E-state index is -3.75. The third-order valence-electron chi connectivity index (χ3n) is 2.85. The molecule has 2 rings (SSSR count). The van der Waals surface area contributed by atoms with E-state index in [2.05, 4.69) is 0 Å². The molecule has 0 atom stereocenters. The lowest BCUT2D eigenvalue weighted by atomic mass is 10.2. The molecule has 0 bridgehead atoms. The van der Waals surface area contributed by atoms with Crippen molar-refractivity contribution in [2.75, 3.05) is 14.2 Å². The first-order valence-corrected chi connectivity index (χ1v) is 8.20. The van der Waals surface area contributed by atoms with Crippen LogP contribution in [0, 0.1) is 11.6 Å². The van der Waals surface area contributed by atoms with Crippen molar-refractivity contribution in [1.29, 1.82) is 0 Å². The predicted molar refractivity (Wildman–Crippen MR) is 75.9 cm³/mol. The largest absolute Gasteiger partial charge is 0.494 e. The molecule has 0 saturated heterocycles. The number of nitrogens with zero attached hydrogens (tertiary/aromatic N) is 1. The van der Waals surface area contributed by atoms with Crippen molar-refractivity contribution >= 4 is 21.4 Å². The van der Waals surface area contributed by atoms with E-state index in [9.17, 15) is 17.2 Å². The van der Waals surface area contributed by atoms with Crippen LogP contribution in [0.1, 0.15) is 5.56 Å². The number of methoxy groups -OCH3 is 1. The highest BCUT2D eigenvalue weighted by Gasteiger charge is 2.26. The van der Waals surface area contributed by atoms with E-state index in [1.54, 1.807) is 11.4 Å². The molecule has 0 radical (unpaired) electrons. The Morgan fingerprint density at radius 1 is 1.24 bits per heavy atom. The second-order valence-electron chi connectivity index (χ2n) is 4.29. The Hall–Kier alpha value is -1.51. The van der Waals surface area contributed by atoms with Crippen LogP contribution in [0.5, 0.6) is 5.75 Å². The van der Waals surface area contributed by atoms with Crippen molar-refractivity contribution in [3.63, 3.8) is 0 Å². The van der Waals surface area contributed by atoms with Crippen molar-refractivity contribution in [3.05, 3.63) is 46.8 Å². The van der Waals surface area contributed by atoms with Crippen LogP contribution >= 0.6 is 11.3 Å². The van der Waals surface area contributed by atoms with E-state index in [-0.39, 0.29) is 16.5 Å². The summed E-state index contributed by atoms with van der Waals surface area (Å²) in [5.74, 6) is -1.71. The van der Waals surface area contributed by atoms with Gasteiger partial charge in [0.15, 0.2) is 15.8 Å². The first-order valence-electron chi connectivity index (χ1n) is 5.88. The lowest BCUT2D eigenvalue weighted by molar-refractivity contribution is 0.402. The van der Waals surface area contributed by atoms with E-state index in [1.165, 1.54) is 20.2 Å². The lowest BCUT2D eigenvalue weighted by Gasteiger charge is -2.17. The second-order valence-corrected chi connectivity index (χ2v) is 7.44. The fraction of sp³-hybridized carbons (Fsp3) is 0.231. The fourth-order valence-electron chi connectivity index (χ4n) is 1.74. The Morgan fingerprint density at radius 2 is 1.95 bits per heavy atom. The summed E-state index contributed by atoms with van der Waals surface area (Å²) >= 11 is 1.04. The molecule has 0 unspecified atom stereocenters. The lowest BCUT2D eigenvalue weighted by Crippen LogP contribution is -2.26. The van der Waals surface area contributed by atoms with Gasteiger partial charge < -0.3 is 4.74 Å². The third kappa shape index (κ3) is 3.22. The summed E-state index contributed by atoms with van der Waals surface area (Å²) in [5, 5.41) is 1.61. The van der Waals surface area contributed by atoms with Crippen LogP contribution in [0.15, 0.2) is 33.9 Å². The molecular weight excluding hydrogens is 320 g/mol. The van der Waals surface area contributed by atoms with E-state index >= 15 is 0 Å². The maximum absolute atomic E-state index is 13.2. The first-order chi connectivity index (χ1) is 9.86. The maximum atomic E-state index is 13.2. The Bertz CT molecular complexity index is 744. The molecule has 1 heterocycles. The zero-order chi connectivity index (χ0) is 15.6. The molecule has 0 aliphatic rings. The van der Waals surface area contributed by atoms with E-state index in [0.29, 0.717) is 5.56 Å². The first kappa shape index (κ1) is 15.9. The number of hydrogen-bond donors (Lipinski definition) is 0. The molecule has 21 heavy (non-hydrogen) atoms. The van der Waals surface area contributed by atoms with Gasteiger partial charge in [-0.25, -0.2) is 17.2 Å². The Balaban J connectivity index is 2.26. The topological polar surface area (TPSA) is 46.6 Å². The molecule has 8 heteroatoms. The van der Waals surface area contributed by atoms with Crippen LogP contribution < -0.4 is 4.74 Å². The minimum Gasteiger partial charge on any atom is -0.494 e. The van der Waals surface area contributed by atoms with Gasteiger partial charge >= 0.3 is 0 Å². The molecule has 0 saturated carbocycles. The molecule has 0 N–H and O–H groups in total. The van der Waals surface area contributed by atoms with Crippen molar-refractivity contribution < 1.29 is 21.9 Å². The van der Waals surface area contributed by atoms with E-state index in [0.717, 1.165) is 27.8 Å². The van der Waals surface area contributed by atoms with Gasteiger partial charge in [0.05, 0.1) is 7.11 Å². The number of rotatable bonds is 5. The van der Waals surface area contributed by atoms with Crippen molar-refractivity contribution in [2.24, 2.45) is 0 Å². The van der Waals surface area contributed by atoms with Crippen LogP contribution in [-0.2, 0) is 16.6 Å². The summed E-state index contributed by atoms with van der Waals surface area (Å²) in [6, 6.07) is 4.85. The van der Waals surface area contributed by atoms with Crippen molar-refractivity contribution in [2.45, 2.75) is 10.8 Å². The minimum absolute atomic E-state index is 0.0689. The normalized spacial score (nSPS) is 11.9. The van der Waals surface area contributed by atoms with Crippen LogP contribution in [0.3, 0.4) is 0 Å². The molecule has 0 amide bonds. The second kappa shape index (κ2) is 6.08. The average molecular weight is 333 g/mol. The van der Waals surface area contributed by atoms with E-state index < -0.39 is 21.7 Å². The van der Waals surface area contributed by atoms with Gasteiger partial charge in [-0.15, -0.1) is 11.3 Å². The van der Waals surface area contributed by atoms with Gasteiger partial charge in [0.2, 0.25) is 0 Å². The number of thiophene rings is 1. The molecule has 1 aromatic carbocycles. The van der Waals surface area contributed by atoms with Gasteiger partial charge in [-0.3, -0.25) is 0 Å². The summed E-state index contributed by atoms with van der Waals surface area (Å²) in [6.45, 7) is -0.0689. The van der Waals surface area contributed by atoms with Gasteiger partial charge in [-0.2, -0.15) is 4.31 Å². The predicted octanol–water partition coefficient (Wildman–Crippen LogP) is 2.86. The molecule has 0 aliphatic heterocycles. The van der Waals surface area contributed by atoms with Crippen molar-refractivity contribution in [1.82, 2.24) is 4.31 Å². The van der Waals surface area contributed by atoms with Crippen LogP contribution in [0.25, 0.3) is 0 Å². The van der Waals surface area contributed by atoms with E-state index in [4.69, 9.17) is 4.74 Å². The van der Waals surface area contributed by atoms with Gasteiger partial charge in [0.1, 0.15) is 5.75 Å². The third-order valence-corrected chi connectivity index (χ3v) is 6.08. The quantitative estimate of drug-likeness (QED) is 0.845. The highest BCUT2D eigenvalue weighted by atomic mass is 32.2. The monoisotopic (exact) mass is 333 g/mol. The molecule has 0 spiro atoms. The Labute approximate surface area is 125 Å². The average Bonchev–Trinajstić information content (AvgIpc) is 2.92. The molecule has 4 nitrogen and oxygen atoms in total. The summed E-state index contributed by atoms with van der Waals surface area (Å²) in [4.78, 5) is 0. The number of sulfonamides is 1. The molecule has 0 fully saturated rings.